The molecule has 2 aromatic carbocycles. The third-order valence-corrected chi connectivity index (χ3v) is 7.85. The molecule has 0 saturated heterocycles. The summed E-state index contributed by atoms with van der Waals surface area (Å²) in [4.78, 5) is 12.6. The summed E-state index contributed by atoms with van der Waals surface area (Å²) in [6, 6.07) is 16.4. The standard InChI is InChI=1S/C31H39N5O3/c1-35(33)19-29(32)26-17-27(26)30-28(31(37)38-2)18-34-36(30)24-13-7-11-22(15-24)23-12-8-14-25(16-23)39-20-21-9-5-3-4-6-10-21/h7-8,11-16,18-19,21,26-27H,3-6,9-10,17,20,32-33H2,1-2H3/b29-19-/t26-,27?/m1/s1. The van der Waals surface area contributed by atoms with Gasteiger partial charge in [-0.05, 0) is 60.6 Å². The monoisotopic (exact) mass is 529 g/mol. The van der Waals surface area contributed by atoms with Crippen LogP contribution in [0.1, 0.15) is 66.9 Å². The highest BCUT2D eigenvalue weighted by Gasteiger charge is 2.45. The third-order valence-electron chi connectivity index (χ3n) is 7.85. The van der Waals surface area contributed by atoms with Gasteiger partial charge < -0.3 is 20.2 Å². The Bertz CT molecular complexity index is 1320. The van der Waals surface area contributed by atoms with Crippen molar-refractivity contribution in [1.82, 2.24) is 14.8 Å². The Hall–Kier alpha value is -3.78. The van der Waals surface area contributed by atoms with Gasteiger partial charge in [0.2, 0.25) is 0 Å². The molecule has 4 N–H and O–H groups in total. The van der Waals surface area contributed by atoms with E-state index in [1.165, 1.54) is 50.6 Å². The van der Waals surface area contributed by atoms with Crippen molar-refractivity contribution >= 4 is 5.97 Å². The zero-order valence-electron chi connectivity index (χ0n) is 22.9. The zero-order valence-corrected chi connectivity index (χ0v) is 22.9. The maximum atomic E-state index is 12.6. The molecule has 39 heavy (non-hydrogen) atoms. The summed E-state index contributed by atoms with van der Waals surface area (Å²) in [5.41, 5.74) is 11.2. The maximum Gasteiger partial charge on any atom is 0.341 e. The molecular formula is C31H39N5O3. The number of carbonyl (C=O) groups is 1. The second kappa shape index (κ2) is 11.9. The van der Waals surface area contributed by atoms with Crippen molar-refractivity contribution in [2.45, 2.75) is 50.9 Å². The molecule has 2 saturated carbocycles. The molecule has 1 unspecified atom stereocenters. The molecule has 8 heteroatoms. The lowest BCUT2D eigenvalue weighted by Crippen LogP contribution is -2.21. The number of hydrazine groups is 1. The summed E-state index contributed by atoms with van der Waals surface area (Å²) >= 11 is 0. The van der Waals surface area contributed by atoms with Crippen LogP contribution in [-0.4, -0.2) is 41.5 Å². The van der Waals surface area contributed by atoms with E-state index in [0.29, 0.717) is 17.2 Å². The molecule has 206 valence electrons. The molecule has 3 aromatic rings. The van der Waals surface area contributed by atoms with Crippen molar-refractivity contribution in [2.24, 2.45) is 23.4 Å². The van der Waals surface area contributed by atoms with E-state index in [4.69, 9.17) is 21.1 Å². The molecule has 2 fully saturated rings. The minimum atomic E-state index is -0.407. The summed E-state index contributed by atoms with van der Waals surface area (Å²) in [6.45, 7) is 0.774. The predicted octanol–water partition coefficient (Wildman–Crippen LogP) is 5.38. The minimum absolute atomic E-state index is 0.0437. The molecular weight excluding hydrogens is 490 g/mol. The molecule has 5 rings (SSSR count). The number of nitrogens with zero attached hydrogens (tertiary/aromatic N) is 3. The fourth-order valence-electron chi connectivity index (χ4n) is 5.71. The van der Waals surface area contributed by atoms with Crippen LogP contribution in [0.4, 0.5) is 0 Å². The normalized spacial score (nSPS) is 19.8. The molecule has 1 heterocycles. The summed E-state index contributed by atoms with van der Waals surface area (Å²) in [6.07, 6.45) is 11.9. The van der Waals surface area contributed by atoms with Gasteiger partial charge in [0, 0.05) is 30.8 Å². The molecule has 0 radical (unpaired) electrons. The number of ether oxygens (including phenoxy) is 2. The summed E-state index contributed by atoms with van der Waals surface area (Å²) in [5.74, 6) is 7.02. The largest absolute Gasteiger partial charge is 0.493 e. The van der Waals surface area contributed by atoms with Crippen LogP contribution in [0.5, 0.6) is 5.75 Å². The zero-order chi connectivity index (χ0) is 27.4. The van der Waals surface area contributed by atoms with E-state index in [0.717, 1.165) is 41.3 Å². The highest BCUT2D eigenvalue weighted by atomic mass is 16.5. The number of esters is 1. The first kappa shape index (κ1) is 26.8. The molecule has 2 atom stereocenters. The Morgan fingerprint density at radius 1 is 1.10 bits per heavy atom. The second-order valence-electron chi connectivity index (χ2n) is 10.8. The molecule has 1 aromatic heterocycles. The Kier molecular flexibility index (Phi) is 8.21. The number of benzene rings is 2. The van der Waals surface area contributed by atoms with Crippen LogP contribution in [0, 0.1) is 11.8 Å². The van der Waals surface area contributed by atoms with Gasteiger partial charge in [-0.1, -0.05) is 49.9 Å². The topological polar surface area (TPSA) is 109 Å². The predicted molar refractivity (Wildman–Crippen MR) is 152 cm³/mol. The molecule has 2 aliphatic rings. The van der Waals surface area contributed by atoms with Crippen LogP contribution in [0.3, 0.4) is 0 Å². The Morgan fingerprint density at radius 3 is 2.54 bits per heavy atom. The molecule has 8 nitrogen and oxygen atoms in total. The number of carbonyl (C=O) groups excluding carboxylic acids is 1. The maximum absolute atomic E-state index is 12.6. The fraction of sp³-hybridized carbons (Fsp3) is 0.419. The number of hydrogen-bond acceptors (Lipinski definition) is 7. The Labute approximate surface area is 230 Å². The van der Waals surface area contributed by atoms with Crippen molar-refractivity contribution in [1.29, 1.82) is 0 Å². The van der Waals surface area contributed by atoms with Gasteiger partial charge in [0.25, 0.3) is 0 Å². The highest BCUT2D eigenvalue weighted by Crippen LogP contribution is 2.52. The van der Waals surface area contributed by atoms with Crippen molar-refractivity contribution < 1.29 is 14.3 Å². The number of allylic oxidation sites excluding steroid dienone is 1. The van der Waals surface area contributed by atoms with Crippen LogP contribution in [-0.2, 0) is 4.74 Å². The molecule has 2 aliphatic carbocycles. The molecule has 0 aliphatic heterocycles. The van der Waals surface area contributed by atoms with E-state index >= 15 is 0 Å². The number of rotatable bonds is 9. The first-order valence-corrected chi connectivity index (χ1v) is 13.9. The average Bonchev–Trinajstić information content (AvgIpc) is 3.69. The van der Waals surface area contributed by atoms with Gasteiger partial charge in [0.05, 0.1) is 31.3 Å². The Morgan fingerprint density at radius 2 is 1.82 bits per heavy atom. The van der Waals surface area contributed by atoms with Gasteiger partial charge in [-0.15, -0.1) is 0 Å². The SMILES string of the molecule is COC(=O)c1cnn(-c2cccc(-c3cccc(OCC4CCCCCC4)c3)c2)c1C1C[C@H]1/C(N)=C/N(C)N. The number of methoxy groups -OCH3 is 1. The fourth-order valence-corrected chi connectivity index (χ4v) is 5.71. The van der Waals surface area contributed by atoms with Gasteiger partial charge in [0.1, 0.15) is 11.3 Å². The molecule has 0 bridgehead atoms. The smallest absolute Gasteiger partial charge is 0.341 e. The summed E-state index contributed by atoms with van der Waals surface area (Å²) in [5, 5.41) is 6.05. The van der Waals surface area contributed by atoms with Crippen LogP contribution >= 0.6 is 0 Å². The van der Waals surface area contributed by atoms with Crippen LogP contribution in [0.25, 0.3) is 16.8 Å². The third kappa shape index (κ3) is 6.28. The highest BCUT2D eigenvalue weighted by molar-refractivity contribution is 5.91. The molecule has 0 spiro atoms. The van der Waals surface area contributed by atoms with Crippen molar-refractivity contribution in [3.63, 3.8) is 0 Å². The van der Waals surface area contributed by atoms with Crippen molar-refractivity contribution in [2.75, 3.05) is 20.8 Å². The summed E-state index contributed by atoms with van der Waals surface area (Å²) in [7, 11) is 3.12. The van der Waals surface area contributed by atoms with Crippen LogP contribution in [0.2, 0.25) is 0 Å². The van der Waals surface area contributed by atoms with E-state index < -0.39 is 5.97 Å². The number of hydrogen-bond donors (Lipinski definition) is 2. The average molecular weight is 530 g/mol. The summed E-state index contributed by atoms with van der Waals surface area (Å²) < 4.78 is 13.1. The Balaban J connectivity index is 1.40. The van der Waals surface area contributed by atoms with Crippen molar-refractivity contribution in [3.05, 3.63) is 77.9 Å². The first-order chi connectivity index (χ1) is 18.9. The van der Waals surface area contributed by atoms with E-state index in [2.05, 4.69) is 29.4 Å². The van der Waals surface area contributed by atoms with Gasteiger partial charge in [-0.2, -0.15) is 5.10 Å². The number of nitrogens with two attached hydrogens (primary N) is 2. The second-order valence-corrected chi connectivity index (χ2v) is 10.8. The quantitative estimate of drug-likeness (QED) is 0.166. The van der Waals surface area contributed by atoms with E-state index in [9.17, 15) is 4.79 Å². The first-order valence-electron chi connectivity index (χ1n) is 13.9. The van der Waals surface area contributed by atoms with Gasteiger partial charge in [-0.3, -0.25) is 0 Å². The van der Waals surface area contributed by atoms with Gasteiger partial charge >= 0.3 is 5.97 Å². The van der Waals surface area contributed by atoms with Crippen molar-refractivity contribution in [3.8, 4) is 22.6 Å². The lowest BCUT2D eigenvalue weighted by Gasteiger charge is -2.16. The van der Waals surface area contributed by atoms with E-state index in [1.54, 1.807) is 19.4 Å². The van der Waals surface area contributed by atoms with E-state index in [1.807, 2.05) is 28.9 Å². The van der Waals surface area contributed by atoms with Gasteiger partial charge in [0.15, 0.2) is 0 Å². The van der Waals surface area contributed by atoms with Gasteiger partial charge in [-0.25, -0.2) is 15.3 Å². The lowest BCUT2D eigenvalue weighted by atomic mass is 10.0. The van der Waals surface area contributed by atoms with Crippen LogP contribution < -0.4 is 16.3 Å². The minimum Gasteiger partial charge on any atom is -0.493 e. The molecule has 0 amide bonds. The van der Waals surface area contributed by atoms with E-state index in [-0.39, 0.29) is 11.8 Å². The lowest BCUT2D eigenvalue weighted by molar-refractivity contribution is 0.0599. The van der Waals surface area contributed by atoms with Crippen LogP contribution in [0.15, 0.2) is 66.6 Å². The number of aromatic nitrogens is 2.